The number of carbonyl (C=O) groups is 2. The van der Waals surface area contributed by atoms with Gasteiger partial charge in [0.1, 0.15) is 0 Å². The number of benzene rings is 1. The minimum atomic E-state index is -1.82. The molecule has 0 atom stereocenters. The first-order valence-electron chi connectivity index (χ1n) is 8.62. The molecule has 6 nitrogen and oxygen atoms in total. The molecule has 0 saturated carbocycles. The van der Waals surface area contributed by atoms with E-state index < -0.39 is 11.9 Å². The lowest BCUT2D eigenvalue weighted by Gasteiger charge is -2.27. The van der Waals surface area contributed by atoms with Gasteiger partial charge in [-0.1, -0.05) is 18.6 Å². The Hall–Kier alpha value is -1.50. The summed E-state index contributed by atoms with van der Waals surface area (Å²) in [6, 6.07) is 8.80. The van der Waals surface area contributed by atoms with Crippen LogP contribution in [0, 0.1) is 0 Å². The third kappa shape index (κ3) is 8.74. The van der Waals surface area contributed by atoms with E-state index in [1.165, 1.54) is 43.6 Å². The highest BCUT2D eigenvalue weighted by Crippen LogP contribution is 2.19. The Morgan fingerprint density at radius 3 is 2.08 bits per heavy atom. The minimum Gasteiger partial charge on any atom is -0.473 e. The molecule has 1 saturated heterocycles. The molecule has 146 valence electrons. The van der Waals surface area contributed by atoms with Gasteiger partial charge in [0.05, 0.1) is 0 Å². The van der Waals surface area contributed by atoms with Crippen molar-refractivity contribution < 1.29 is 19.8 Å². The molecule has 26 heavy (non-hydrogen) atoms. The molecule has 0 radical (unpaired) electrons. The topological polar surface area (TPSA) is 81.1 Å². The van der Waals surface area contributed by atoms with Crippen LogP contribution in [0.25, 0.3) is 0 Å². The van der Waals surface area contributed by atoms with Crippen molar-refractivity contribution in [3.63, 3.8) is 0 Å². The molecule has 0 spiro atoms. The summed E-state index contributed by atoms with van der Waals surface area (Å²) >= 11 is 11.8. The van der Waals surface area contributed by atoms with E-state index >= 15 is 0 Å². The number of aliphatic carboxylic acids is 2. The number of carboxylic acid groups (broad SMARTS) is 2. The van der Waals surface area contributed by atoms with Crippen LogP contribution in [0.2, 0.25) is 0 Å². The maximum Gasteiger partial charge on any atom is 0.414 e. The molecule has 1 aliphatic heterocycles. The molecule has 0 aromatic heterocycles. The van der Waals surface area contributed by atoms with Crippen LogP contribution in [0.5, 0.6) is 0 Å². The molecule has 1 aromatic rings. The van der Waals surface area contributed by atoms with E-state index in [0.29, 0.717) is 11.8 Å². The monoisotopic (exact) mass is 404 g/mol. The van der Waals surface area contributed by atoms with Crippen molar-refractivity contribution in [3.8, 4) is 0 Å². The highest BCUT2D eigenvalue weighted by molar-refractivity contribution is 6.27. The van der Waals surface area contributed by atoms with Crippen molar-refractivity contribution in [2.45, 2.75) is 25.8 Å². The van der Waals surface area contributed by atoms with Gasteiger partial charge in [0.15, 0.2) is 0 Å². The maximum atomic E-state index is 9.10. The molecule has 1 fully saturated rings. The lowest BCUT2D eigenvalue weighted by molar-refractivity contribution is -0.159. The van der Waals surface area contributed by atoms with Gasteiger partial charge in [-0.2, -0.15) is 0 Å². The zero-order valence-corrected chi connectivity index (χ0v) is 16.3. The number of alkyl halides is 2. The SMILES string of the molecule is ClCCN(CCCl)c1cccc(CN2CCCCC2)c1.O=C(O)C(=O)O. The second kappa shape index (κ2) is 12.8. The van der Waals surface area contributed by atoms with Crippen molar-refractivity contribution in [3.05, 3.63) is 29.8 Å². The highest BCUT2D eigenvalue weighted by Gasteiger charge is 2.11. The Balaban J connectivity index is 0.000000487. The highest BCUT2D eigenvalue weighted by atomic mass is 35.5. The maximum absolute atomic E-state index is 9.10. The molecule has 8 heteroatoms. The van der Waals surface area contributed by atoms with E-state index in [1.807, 2.05) is 0 Å². The largest absolute Gasteiger partial charge is 0.473 e. The fourth-order valence-electron chi connectivity index (χ4n) is 2.80. The summed E-state index contributed by atoms with van der Waals surface area (Å²) in [5, 5.41) is 14.8. The van der Waals surface area contributed by atoms with Crippen LogP contribution in [0.3, 0.4) is 0 Å². The van der Waals surface area contributed by atoms with Crippen molar-refractivity contribution in [1.82, 2.24) is 4.90 Å². The Kier molecular flexibility index (Phi) is 11.1. The van der Waals surface area contributed by atoms with E-state index in [9.17, 15) is 0 Å². The lowest BCUT2D eigenvalue weighted by atomic mass is 10.1. The first-order chi connectivity index (χ1) is 12.5. The number of piperidine rings is 1. The first-order valence-corrected chi connectivity index (χ1v) is 9.69. The zero-order valence-electron chi connectivity index (χ0n) is 14.7. The second-order valence-corrected chi connectivity index (χ2v) is 6.74. The van der Waals surface area contributed by atoms with Gasteiger partial charge in [-0.05, 0) is 43.6 Å². The number of carboxylic acids is 2. The van der Waals surface area contributed by atoms with Crippen LogP contribution in [0.15, 0.2) is 24.3 Å². The Morgan fingerprint density at radius 1 is 1.00 bits per heavy atom. The summed E-state index contributed by atoms with van der Waals surface area (Å²) in [5.74, 6) is -2.38. The number of likely N-dealkylation sites (tertiary alicyclic amines) is 1. The average molecular weight is 405 g/mol. The molecular formula is C18H26Cl2N2O4. The van der Waals surface area contributed by atoms with Gasteiger partial charge in [0.25, 0.3) is 0 Å². The average Bonchev–Trinajstić information content (AvgIpc) is 2.63. The number of halogens is 2. The summed E-state index contributed by atoms with van der Waals surface area (Å²) in [6.07, 6.45) is 4.06. The lowest BCUT2D eigenvalue weighted by Crippen LogP contribution is -2.30. The smallest absolute Gasteiger partial charge is 0.414 e. The van der Waals surface area contributed by atoms with E-state index in [0.717, 1.165) is 19.6 Å². The van der Waals surface area contributed by atoms with Crippen molar-refractivity contribution in [2.75, 3.05) is 42.8 Å². The molecular weight excluding hydrogens is 379 g/mol. The van der Waals surface area contributed by atoms with E-state index in [2.05, 4.69) is 34.1 Å². The molecule has 1 heterocycles. The summed E-state index contributed by atoms with van der Waals surface area (Å²) < 4.78 is 0. The van der Waals surface area contributed by atoms with Gasteiger partial charge in [0.2, 0.25) is 0 Å². The quantitative estimate of drug-likeness (QED) is 0.536. The Morgan fingerprint density at radius 2 is 1.58 bits per heavy atom. The normalized spacial score (nSPS) is 14.2. The van der Waals surface area contributed by atoms with Gasteiger partial charge >= 0.3 is 11.9 Å². The number of hydrogen-bond donors (Lipinski definition) is 2. The molecule has 1 aliphatic rings. The van der Waals surface area contributed by atoms with E-state index in [1.54, 1.807) is 0 Å². The Labute approximate surface area is 164 Å². The van der Waals surface area contributed by atoms with Crippen LogP contribution < -0.4 is 4.90 Å². The van der Waals surface area contributed by atoms with Crippen LogP contribution in [0.1, 0.15) is 24.8 Å². The molecule has 0 aliphatic carbocycles. The van der Waals surface area contributed by atoms with Crippen molar-refractivity contribution in [2.24, 2.45) is 0 Å². The van der Waals surface area contributed by atoms with Crippen molar-refractivity contribution >= 4 is 40.8 Å². The van der Waals surface area contributed by atoms with Crippen molar-refractivity contribution in [1.29, 1.82) is 0 Å². The van der Waals surface area contributed by atoms with Crippen LogP contribution in [-0.2, 0) is 16.1 Å². The number of rotatable bonds is 7. The molecule has 2 N–H and O–H groups in total. The predicted octanol–water partition coefficient (Wildman–Crippen LogP) is 3.11. The molecule has 0 bridgehead atoms. The summed E-state index contributed by atoms with van der Waals surface area (Å²) in [6.45, 7) is 5.22. The fraction of sp³-hybridized carbons (Fsp3) is 0.556. The zero-order chi connectivity index (χ0) is 19.4. The van der Waals surface area contributed by atoms with Gasteiger partial charge < -0.3 is 15.1 Å². The van der Waals surface area contributed by atoms with Crippen LogP contribution in [-0.4, -0.2) is 65.0 Å². The summed E-state index contributed by atoms with van der Waals surface area (Å²) in [7, 11) is 0. The predicted molar refractivity (Wildman–Crippen MR) is 104 cm³/mol. The van der Waals surface area contributed by atoms with Crippen LogP contribution >= 0.6 is 23.2 Å². The van der Waals surface area contributed by atoms with Gasteiger partial charge in [0, 0.05) is 37.1 Å². The first kappa shape index (κ1) is 22.5. The number of anilines is 1. The fourth-order valence-corrected chi connectivity index (χ4v) is 3.21. The van der Waals surface area contributed by atoms with Crippen LogP contribution in [0.4, 0.5) is 5.69 Å². The Bertz CT molecular complexity index is 548. The van der Waals surface area contributed by atoms with Gasteiger partial charge in [-0.25, -0.2) is 9.59 Å². The molecule has 1 aromatic carbocycles. The second-order valence-electron chi connectivity index (χ2n) is 5.98. The molecule has 2 rings (SSSR count). The van der Waals surface area contributed by atoms with E-state index in [-0.39, 0.29) is 0 Å². The number of nitrogens with zero attached hydrogens (tertiary/aromatic N) is 2. The summed E-state index contributed by atoms with van der Waals surface area (Å²) in [4.78, 5) is 23.0. The third-order valence-electron chi connectivity index (χ3n) is 4.02. The third-order valence-corrected chi connectivity index (χ3v) is 4.36. The van der Waals surface area contributed by atoms with Gasteiger partial charge in [-0.15, -0.1) is 23.2 Å². The standard InChI is InChI=1S/C16H24Cl2N2.C2H2O4/c17-7-11-20(12-8-18)16-6-4-5-15(13-16)14-19-9-2-1-3-10-19;3-1(4)2(5)6/h4-6,13H,1-3,7-12,14H2;(H,3,4)(H,5,6). The van der Waals surface area contributed by atoms with Gasteiger partial charge in [-0.3, -0.25) is 4.90 Å². The van der Waals surface area contributed by atoms with E-state index in [4.69, 9.17) is 43.0 Å². The molecule has 0 unspecified atom stereocenters. The minimum absolute atomic E-state index is 0.632. The summed E-state index contributed by atoms with van der Waals surface area (Å²) in [5.41, 5.74) is 2.62. The molecule has 0 amide bonds. The number of hydrogen-bond acceptors (Lipinski definition) is 4.